The maximum absolute atomic E-state index is 13.7. The SMILES string of the molecule is O=C(Cc1ccccc1[N+](=O)[O-])NN=Cc1ccccc1OCc1ccccc1F. The minimum atomic E-state index is -0.533. The van der Waals surface area contributed by atoms with Crippen LogP contribution in [0, 0.1) is 15.9 Å². The number of para-hydroxylation sites is 2. The highest BCUT2D eigenvalue weighted by Gasteiger charge is 2.15. The minimum Gasteiger partial charge on any atom is -0.488 e. The second-order valence-electron chi connectivity index (χ2n) is 6.27. The number of nitrogens with one attached hydrogen (secondary N) is 1. The molecule has 0 fully saturated rings. The van der Waals surface area contributed by atoms with E-state index in [0.717, 1.165) is 0 Å². The lowest BCUT2D eigenvalue weighted by Crippen LogP contribution is -2.20. The predicted molar refractivity (Wildman–Crippen MR) is 110 cm³/mol. The van der Waals surface area contributed by atoms with Gasteiger partial charge in [0.1, 0.15) is 18.2 Å². The summed E-state index contributed by atoms with van der Waals surface area (Å²) in [5, 5.41) is 14.9. The molecule has 0 heterocycles. The molecule has 0 aromatic heterocycles. The van der Waals surface area contributed by atoms with Gasteiger partial charge in [-0.3, -0.25) is 14.9 Å². The molecule has 1 N–H and O–H groups in total. The van der Waals surface area contributed by atoms with Crippen LogP contribution in [0.5, 0.6) is 5.75 Å². The molecule has 8 heteroatoms. The molecule has 0 aliphatic heterocycles. The third kappa shape index (κ3) is 5.48. The van der Waals surface area contributed by atoms with Gasteiger partial charge in [0.25, 0.3) is 5.69 Å². The molecule has 1 amide bonds. The van der Waals surface area contributed by atoms with E-state index in [-0.39, 0.29) is 24.5 Å². The number of rotatable bonds is 8. The van der Waals surface area contributed by atoms with Crippen LogP contribution in [0.1, 0.15) is 16.7 Å². The van der Waals surface area contributed by atoms with Gasteiger partial charge in [-0.1, -0.05) is 48.5 Å². The molecular formula is C22H18FN3O4. The highest BCUT2D eigenvalue weighted by Crippen LogP contribution is 2.19. The Bertz CT molecular complexity index is 1090. The number of halogens is 1. The maximum atomic E-state index is 13.7. The van der Waals surface area contributed by atoms with E-state index in [1.54, 1.807) is 48.5 Å². The molecule has 0 saturated heterocycles. The van der Waals surface area contributed by atoms with Gasteiger partial charge < -0.3 is 4.74 Å². The first-order valence-corrected chi connectivity index (χ1v) is 9.04. The van der Waals surface area contributed by atoms with E-state index < -0.39 is 10.8 Å². The second-order valence-corrected chi connectivity index (χ2v) is 6.27. The maximum Gasteiger partial charge on any atom is 0.273 e. The number of ether oxygens (including phenoxy) is 1. The zero-order chi connectivity index (χ0) is 21.3. The monoisotopic (exact) mass is 407 g/mol. The first kappa shape index (κ1) is 20.7. The highest BCUT2D eigenvalue weighted by molar-refractivity contribution is 5.86. The molecule has 7 nitrogen and oxygen atoms in total. The number of amides is 1. The van der Waals surface area contributed by atoms with Crippen LogP contribution in [0.3, 0.4) is 0 Å². The number of nitro groups is 1. The highest BCUT2D eigenvalue weighted by atomic mass is 19.1. The van der Waals surface area contributed by atoms with Crippen molar-refractivity contribution < 1.29 is 18.8 Å². The predicted octanol–water partition coefficient (Wildman–Crippen LogP) is 4.01. The Hall–Kier alpha value is -4.07. The van der Waals surface area contributed by atoms with Crippen LogP contribution in [0.4, 0.5) is 10.1 Å². The molecule has 0 bridgehead atoms. The van der Waals surface area contributed by atoms with Gasteiger partial charge in [-0.2, -0.15) is 5.10 Å². The summed E-state index contributed by atoms with van der Waals surface area (Å²) in [6.07, 6.45) is 1.22. The molecule has 0 atom stereocenters. The first-order valence-electron chi connectivity index (χ1n) is 9.04. The van der Waals surface area contributed by atoms with Crippen molar-refractivity contribution in [3.05, 3.63) is 105 Å². The molecule has 3 aromatic carbocycles. The van der Waals surface area contributed by atoms with Crippen LogP contribution < -0.4 is 10.2 Å². The van der Waals surface area contributed by atoms with E-state index in [1.807, 2.05) is 0 Å². The summed E-state index contributed by atoms with van der Waals surface area (Å²) in [4.78, 5) is 22.6. The summed E-state index contributed by atoms with van der Waals surface area (Å²) in [5.74, 6) is -0.381. The van der Waals surface area contributed by atoms with Crippen LogP contribution >= 0.6 is 0 Å². The van der Waals surface area contributed by atoms with E-state index in [4.69, 9.17) is 4.74 Å². The Kier molecular flexibility index (Phi) is 6.83. The normalized spacial score (nSPS) is 10.7. The topological polar surface area (TPSA) is 93.8 Å². The van der Waals surface area contributed by atoms with Crippen LogP contribution in [0.25, 0.3) is 0 Å². The average molecular weight is 407 g/mol. The Morgan fingerprint density at radius 1 is 1.03 bits per heavy atom. The van der Waals surface area contributed by atoms with E-state index in [2.05, 4.69) is 10.5 Å². The van der Waals surface area contributed by atoms with Crippen molar-refractivity contribution in [3.63, 3.8) is 0 Å². The van der Waals surface area contributed by atoms with Crippen molar-refractivity contribution in [1.82, 2.24) is 5.43 Å². The standard InChI is InChI=1S/C22H18FN3O4/c23-19-10-4-1-9-18(19)15-30-21-12-6-3-8-17(21)14-24-25-22(27)13-16-7-2-5-11-20(16)26(28)29/h1-12,14H,13,15H2,(H,25,27). The third-order valence-corrected chi connectivity index (χ3v) is 4.19. The number of benzene rings is 3. The molecule has 3 rings (SSSR count). The fourth-order valence-corrected chi connectivity index (χ4v) is 2.71. The van der Waals surface area contributed by atoms with Crippen molar-refractivity contribution in [3.8, 4) is 5.75 Å². The number of carbonyl (C=O) groups excluding carboxylic acids is 1. The van der Waals surface area contributed by atoms with Gasteiger partial charge >= 0.3 is 0 Å². The molecule has 0 unspecified atom stereocenters. The molecule has 0 aliphatic rings. The summed E-state index contributed by atoms with van der Waals surface area (Å²) < 4.78 is 19.4. The lowest BCUT2D eigenvalue weighted by molar-refractivity contribution is -0.385. The lowest BCUT2D eigenvalue weighted by atomic mass is 10.1. The number of hydrazone groups is 1. The van der Waals surface area contributed by atoms with Crippen LogP contribution in [0.2, 0.25) is 0 Å². The van der Waals surface area contributed by atoms with Crippen molar-refractivity contribution in [2.24, 2.45) is 5.10 Å². The number of nitro benzene ring substituents is 1. The van der Waals surface area contributed by atoms with Gasteiger partial charge in [0.15, 0.2) is 0 Å². The lowest BCUT2D eigenvalue weighted by Gasteiger charge is -2.09. The number of hydrogen-bond acceptors (Lipinski definition) is 5. The van der Waals surface area contributed by atoms with Crippen LogP contribution in [-0.4, -0.2) is 17.0 Å². The van der Waals surface area contributed by atoms with Crippen LogP contribution in [0.15, 0.2) is 77.9 Å². The van der Waals surface area contributed by atoms with Gasteiger partial charge in [-0.15, -0.1) is 0 Å². The van der Waals surface area contributed by atoms with E-state index in [9.17, 15) is 19.3 Å². The zero-order valence-electron chi connectivity index (χ0n) is 15.8. The first-order chi connectivity index (χ1) is 14.5. The van der Waals surface area contributed by atoms with Gasteiger partial charge in [0.05, 0.1) is 17.6 Å². The Morgan fingerprint density at radius 3 is 2.47 bits per heavy atom. The Morgan fingerprint density at radius 2 is 1.70 bits per heavy atom. The fraction of sp³-hybridized carbons (Fsp3) is 0.0909. The molecule has 0 spiro atoms. The molecule has 3 aromatic rings. The number of carbonyl (C=O) groups is 1. The van der Waals surface area contributed by atoms with Gasteiger partial charge in [0.2, 0.25) is 5.91 Å². The molecule has 0 aliphatic carbocycles. The zero-order valence-corrected chi connectivity index (χ0v) is 15.8. The fourth-order valence-electron chi connectivity index (χ4n) is 2.71. The summed E-state index contributed by atoms with van der Waals surface area (Å²) >= 11 is 0. The number of hydrogen-bond donors (Lipinski definition) is 1. The Labute approximate surface area is 172 Å². The van der Waals surface area contributed by atoms with Gasteiger partial charge in [-0.25, -0.2) is 9.82 Å². The summed E-state index contributed by atoms with van der Waals surface area (Å²) in [6.45, 7) is 0.0432. The largest absolute Gasteiger partial charge is 0.488 e. The Balaban J connectivity index is 1.62. The van der Waals surface area contributed by atoms with Crippen molar-refractivity contribution in [2.45, 2.75) is 13.0 Å². The van der Waals surface area contributed by atoms with Gasteiger partial charge in [0, 0.05) is 22.8 Å². The minimum absolute atomic E-state index is 0.0432. The summed E-state index contributed by atoms with van der Waals surface area (Å²) in [5.41, 5.74) is 3.52. The van der Waals surface area contributed by atoms with E-state index in [1.165, 1.54) is 30.5 Å². The quantitative estimate of drug-likeness (QED) is 0.347. The van der Waals surface area contributed by atoms with E-state index in [0.29, 0.717) is 22.4 Å². The average Bonchev–Trinajstić information content (AvgIpc) is 2.74. The molecular weight excluding hydrogens is 389 g/mol. The summed E-state index contributed by atoms with van der Waals surface area (Å²) in [7, 11) is 0. The number of nitrogens with zero attached hydrogens (tertiary/aromatic N) is 2. The third-order valence-electron chi connectivity index (χ3n) is 4.19. The molecule has 0 saturated carbocycles. The van der Waals surface area contributed by atoms with Crippen molar-refractivity contribution >= 4 is 17.8 Å². The second kappa shape index (κ2) is 9.92. The summed E-state index contributed by atoms with van der Waals surface area (Å²) in [6, 6.07) is 19.3. The van der Waals surface area contributed by atoms with Gasteiger partial charge in [-0.05, 0) is 18.2 Å². The molecule has 0 radical (unpaired) electrons. The molecule has 152 valence electrons. The van der Waals surface area contributed by atoms with Crippen molar-refractivity contribution in [1.29, 1.82) is 0 Å². The van der Waals surface area contributed by atoms with Crippen LogP contribution in [-0.2, 0) is 17.8 Å². The smallest absolute Gasteiger partial charge is 0.273 e. The molecule has 30 heavy (non-hydrogen) atoms. The van der Waals surface area contributed by atoms with Crippen molar-refractivity contribution in [2.75, 3.05) is 0 Å². The van der Waals surface area contributed by atoms with E-state index >= 15 is 0 Å².